The van der Waals surface area contributed by atoms with Crippen molar-refractivity contribution in [1.82, 2.24) is 25.5 Å². The van der Waals surface area contributed by atoms with E-state index in [1.165, 1.54) is 23.5 Å². The van der Waals surface area contributed by atoms with Gasteiger partial charge in [0.25, 0.3) is 0 Å². The van der Waals surface area contributed by atoms with E-state index in [9.17, 15) is 14.0 Å². The van der Waals surface area contributed by atoms with Crippen LogP contribution in [0.25, 0.3) is 20.8 Å². The molecule has 0 aliphatic heterocycles. The number of benzene rings is 1. The SMILES string of the molecule is CCNC(=O)N(CCOC)CCc1ccc(-c2cc3nccc(Oc4ccc(NC(=O)NC5CC5)cc4F)c3s2)nc1. The molecule has 3 aromatic heterocycles. The summed E-state index contributed by atoms with van der Waals surface area (Å²) in [6.45, 7) is 3.98. The second-order valence-corrected chi connectivity index (χ2v) is 10.9. The molecule has 0 spiro atoms. The van der Waals surface area contributed by atoms with E-state index < -0.39 is 5.82 Å². The second kappa shape index (κ2) is 13.6. The molecule has 3 heterocycles. The molecule has 1 fully saturated rings. The van der Waals surface area contributed by atoms with E-state index in [0.717, 1.165) is 33.7 Å². The zero-order chi connectivity index (χ0) is 29.5. The first-order valence-corrected chi connectivity index (χ1v) is 14.7. The van der Waals surface area contributed by atoms with Crippen molar-refractivity contribution in [3.05, 3.63) is 66.2 Å². The van der Waals surface area contributed by atoms with Crippen LogP contribution >= 0.6 is 11.3 Å². The number of ether oxygens (including phenoxy) is 2. The third-order valence-corrected chi connectivity index (χ3v) is 7.79. The minimum atomic E-state index is -0.591. The van der Waals surface area contributed by atoms with Gasteiger partial charge in [-0.1, -0.05) is 6.07 Å². The minimum absolute atomic E-state index is 0.0419. The lowest BCUT2D eigenvalue weighted by Gasteiger charge is -2.22. The minimum Gasteiger partial charge on any atom is -0.453 e. The highest BCUT2D eigenvalue weighted by Gasteiger charge is 2.23. The Morgan fingerprint density at radius 2 is 1.95 bits per heavy atom. The molecule has 5 rings (SSSR count). The molecule has 1 aliphatic rings. The van der Waals surface area contributed by atoms with Gasteiger partial charge >= 0.3 is 12.1 Å². The summed E-state index contributed by atoms with van der Waals surface area (Å²) in [5, 5.41) is 8.29. The third-order valence-electron chi connectivity index (χ3n) is 6.63. The summed E-state index contributed by atoms with van der Waals surface area (Å²) in [5.74, 6) is -0.0770. The van der Waals surface area contributed by atoms with Crippen LogP contribution in [0.15, 0.2) is 54.9 Å². The molecule has 1 saturated carbocycles. The Morgan fingerprint density at radius 1 is 1.10 bits per heavy atom. The Hall–Kier alpha value is -4.29. The molecule has 12 heteroatoms. The molecular weight excluding hydrogens is 559 g/mol. The van der Waals surface area contributed by atoms with Crippen LogP contribution in [-0.2, 0) is 11.2 Å². The van der Waals surface area contributed by atoms with Gasteiger partial charge < -0.3 is 30.3 Å². The number of thiophene rings is 1. The van der Waals surface area contributed by atoms with Crippen molar-refractivity contribution in [3.63, 3.8) is 0 Å². The van der Waals surface area contributed by atoms with Crippen LogP contribution in [0.1, 0.15) is 25.3 Å². The highest BCUT2D eigenvalue weighted by Crippen LogP contribution is 2.39. The summed E-state index contributed by atoms with van der Waals surface area (Å²) in [6, 6.07) is 11.6. The van der Waals surface area contributed by atoms with Gasteiger partial charge in [-0.25, -0.2) is 14.0 Å². The van der Waals surface area contributed by atoms with E-state index in [-0.39, 0.29) is 23.9 Å². The van der Waals surface area contributed by atoms with Crippen molar-refractivity contribution >= 4 is 39.3 Å². The van der Waals surface area contributed by atoms with E-state index in [1.807, 2.05) is 31.3 Å². The van der Waals surface area contributed by atoms with Crippen molar-refractivity contribution < 1.29 is 23.5 Å². The lowest BCUT2D eigenvalue weighted by atomic mass is 10.2. The summed E-state index contributed by atoms with van der Waals surface area (Å²) in [4.78, 5) is 36.0. The number of hydrogen-bond donors (Lipinski definition) is 3. The van der Waals surface area contributed by atoms with Crippen molar-refractivity contribution in [3.8, 4) is 22.1 Å². The largest absolute Gasteiger partial charge is 0.453 e. The van der Waals surface area contributed by atoms with Crippen molar-refractivity contribution in [1.29, 1.82) is 0 Å². The molecule has 4 amide bonds. The Labute approximate surface area is 247 Å². The molecule has 0 bridgehead atoms. The van der Waals surface area contributed by atoms with Crippen LogP contribution in [0.4, 0.5) is 19.7 Å². The number of nitrogens with one attached hydrogen (secondary N) is 3. The molecule has 0 atom stereocenters. The van der Waals surface area contributed by atoms with E-state index >= 15 is 0 Å². The molecule has 0 saturated heterocycles. The van der Waals surface area contributed by atoms with Crippen molar-refractivity contribution in [2.75, 3.05) is 38.7 Å². The number of hydrogen-bond acceptors (Lipinski definition) is 7. The zero-order valence-corrected chi connectivity index (χ0v) is 24.3. The van der Waals surface area contributed by atoms with Gasteiger partial charge in [-0.15, -0.1) is 11.3 Å². The van der Waals surface area contributed by atoms with Gasteiger partial charge in [-0.2, -0.15) is 0 Å². The molecule has 1 aromatic carbocycles. The molecule has 4 aromatic rings. The predicted molar refractivity (Wildman–Crippen MR) is 161 cm³/mol. The lowest BCUT2D eigenvalue weighted by Crippen LogP contribution is -2.42. The van der Waals surface area contributed by atoms with Gasteiger partial charge in [0.1, 0.15) is 5.75 Å². The summed E-state index contributed by atoms with van der Waals surface area (Å²) in [5.41, 5.74) is 2.84. The standard InChI is InChI=1S/C30H33FN6O4S/c1-3-32-30(39)37(14-15-40-2)13-11-19-4-8-23(34-18-19)27-17-24-28(42-27)26(10-12-33-24)41-25-9-7-21(16-22(25)31)36-29(38)35-20-5-6-20/h4,7-10,12,16-18,20H,3,5-6,11,13-15H2,1-2H3,(H,32,39)(H2,35,36,38). The Morgan fingerprint density at radius 3 is 2.67 bits per heavy atom. The van der Waals surface area contributed by atoms with Gasteiger partial charge in [0.15, 0.2) is 11.6 Å². The number of urea groups is 2. The van der Waals surface area contributed by atoms with Gasteiger partial charge in [-0.05, 0) is 56.0 Å². The monoisotopic (exact) mass is 592 g/mol. The summed E-state index contributed by atoms with van der Waals surface area (Å²) in [6.07, 6.45) is 6.02. The number of anilines is 1. The van der Waals surface area contributed by atoms with E-state index in [0.29, 0.717) is 49.6 Å². The summed E-state index contributed by atoms with van der Waals surface area (Å²) >= 11 is 1.46. The number of halogens is 1. The Kier molecular flexibility index (Phi) is 9.45. The Bertz CT molecular complexity index is 1540. The smallest absolute Gasteiger partial charge is 0.319 e. The first kappa shape index (κ1) is 29.2. The van der Waals surface area contributed by atoms with E-state index in [2.05, 4.69) is 25.9 Å². The zero-order valence-electron chi connectivity index (χ0n) is 23.5. The maximum absolute atomic E-state index is 14.9. The van der Waals surface area contributed by atoms with Gasteiger partial charge in [0, 0.05) is 63.0 Å². The first-order chi connectivity index (χ1) is 20.4. The number of pyridine rings is 2. The quantitative estimate of drug-likeness (QED) is 0.192. The number of amides is 4. The van der Waals surface area contributed by atoms with Crippen LogP contribution in [-0.4, -0.2) is 66.3 Å². The first-order valence-electron chi connectivity index (χ1n) is 13.8. The van der Waals surface area contributed by atoms with Crippen molar-refractivity contribution in [2.24, 2.45) is 0 Å². The fraction of sp³-hybridized carbons (Fsp3) is 0.333. The van der Waals surface area contributed by atoms with Crippen molar-refractivity contribution in [2.45, 2.75) is 32.2 Å². The fourth-order valence-corrected chi connectivity index (χ4v) is 5.29. The highest BCUT2D eigenvalue weighted by atomic mass is 32.1. The van der Waals surface area contributed by atoms with Crippen LogP contribution in [0.3, 0.4) is 0 Å². The molecular formula is C30H33FN6O4S. The molecule has 0 unspecified atom stereocenters. The summed E-state index contributed by atoms with van der Waals surface area (Å²) < 4.78 is 26.7. The molecule has 220 valence electrons. The maximum atomic E-state index is 14.9. The predicted octanol–water partition coefficient (Wildman–Crippen LogP) is 5.79. The highest BCUT2D eigenvalue weighted by molar-refractivity contribution is 7.22. The fourth-order valence-electron chi connectivity index (χ4n) is 4.24. The Balaban J connectivity index is 1.25. The number of nitrogens with zero attached hydrogens (tertiary/aromatic N) is 3. The van der Waals surface area contributed by atoms with Crippen LogP contribution < -0.4 is 20.7 Å². The average Bonchev–Trinajstić information content (AvgIpc) is 3.68. The number of methoxy groups -OCH3 is 1. The van der Waals surface area contributed by atoms with Crippen LogP contribution in [0.5, 0.6) is 11.5 Å². The lowest BCUT2D eigenvalue weighted by molar-refractivity contribution is 0.150. The number of carbonyl (C=O) groups is 2. The third kappa shape index (κ3) is 7.51. The number of fused-ring (bicyclic) bond motifs is 1. The summed E-state index contributed by atoms with van der Waals surface area (Å²) in [7, 11) is 1.61. The molecule has 3 N–H and O–H groups in total. The maximum Gasteiger partial charge on any atom is 0.319 e. The van der Waals surface area contributed by atoms with E-state index in [4.69, 9.17) is 9.47 Å². The van der Waals surface area contributed by atoms with Gasteiger partial charge in [-0.3, -0.25) is 9.97 Å². The number of rotatable bonds is 12. The van der Waals surface area contributed by atoms with Crippen LogP contribution in [0.2, 0.25) is 0 Å². The molecule has 1 aliphatic carbocycles. The average molecular weight is 593 g/mol. The van der Waals surface area contributed by atoms with E-state index in [1.54, 1.807) is 30.3 Å². The normalized spacial score (nSPS) is 12.6. The second-order valence-electron chi connectivity index (χ2n) is 9.87. The molecule has 10 nitrogen and oxygen atoms in total. The van der Waals surface area contributed by atoms with Gasteiger partial charge in [0.2, 0.25) is 0 Å². The number of carbonyl (C=O) groups excluding carboxylic acids is 2. The molecule has 42 heavy (non-hydrogen) atoms. The van der Waals surface area contributed by atoms with Crippen LogP contribution in [0, 0.1) is 5.82 Å². The number of aromatic nitrogens is 2. The van der Waals surface area contributed by atoms with Gasteiger partial charge in [0.05, 0.1) is 27.4 Å². The topological polar surface area (TPSA) is 118 Å². The molecule has 0 radical (unpaired) electrons.